The molecule has 0 aromatic heterocycles. The van der Waals surface area contributed by atoms with Crippen LogP contribution in [0.5, 0.6) is 0 Å². The van der Waals surface area contributed by atoms with Crippen molar-refractivity contribution in [3.05, 3.63) is 63.2 Å². The largest absolute Gasteiger partial charge is 0.418 e. The van der Waals surface area contributed by atoms with E-state index < -0.39 is 50.2 Å². The minimum absolute atomic E-state index is 0.0253. The topological polar surface area (TPSA) is 89.5 Å². The molecule has 7 nitrogen and oxygen atoms in total. The van der Waals surface area contributed by atoms with Gasteiger partial charge in [0.15, 0.2) is 0 Å². The van der Waals surface area contributed by atoms with Crippen LogP contribution < -0.4 is 4.90 Å². The molecule has 0 N–H and O–H groups in total. The van der Waals surface area contributed by atoms with Crippen LogP contribution in [-0.4, -0.2) is 16.9 Å². The normalized spacial score (nSPS) is 11.4. The molecule has 0 aliphatic rings. The number of hydrogen-bond acceptors (Lipinski definition) is 5. The van der Waals surface area contributed by atoms with Crippen molar-refractivity contribution in [1.29, 1.82) is 0 Å². The molecule has 0 bridgehead atoms. The summed E-state index contributed by atoms with van der Waals surface area (Å²) in [5.41, 5.74) is -5.46. The molecule has 0 amide bonds. The van der Waals surface area contributed by atoms with E-state index in [-0.39, 0.29) is 19.5 Å². The fraction of sp³-hybridized carbons (Fsp3) is 0.143. The summed E-state index contributed by atoms with van der Waals surface area (Å²) in [7, 11) is 0.979. The SMILES string of the molecule is CN(c1c([N+](=O)[O-])cc([N+](=O)[O-])cc1C(F)(F)F)c1c(F)cc(Br)c(Br)c1Br. The number of nitro groups is 2. The van der Waals surface area contributed by atoms with Crippen LogP contribution in [0.1, 0.15) is 5.56 Å². The van der Waals surface area contributed by atoms with Crippen LogP contribution in [0.3, 0.4) is 0 Å². The predicted octanol–water partition coefficient (Wildman–Crippen LogP) is 6.72. The monoisotopic (exact) mass is 593 g/mol. The van der Waals surface area contributed by atoms with Crippen molar-refractivity contribution in [2.24, 2.45) is 0 Å². The smallest absolute Gasteiger partial charge is 0.335 e. The van der Waals surface area contributed by atoms with Crippen LogP contribution in [0.4, 0.5) is 40.3 Å². The van der Waals surface area contributed by atoms with E-state index in [1.54, 1.807) is 0 Å². The van der Waals surface area contributed by atoms with Gasteiger partial charge >= 0.3 is 6.18 Å². The highest BCUT2D eigenvalue weighted by molar-refractivity contribution is 9.14. The average Bonchev–Trinajstić information content (AvgIpc) is 2.57. The molecule has 0 saturated carbocycles. The molecule has 0 saturated heterocycles. The van der Waals surface area contributed by atoms with Gasteiger partial charge in [0.05, 0.1) is 31.6 Å². The first-order chi connectivity index (χ1) is 12.8. The van der Waals surface area contributed by atoms with Crippen molar-refractivity contribution in [2.75, 3.05) is 11.9 Å². The molecule has 0 aliphatic carbocycles. The highest BCUT2D eigenvalue weighted by Crippen LogP contribution is 2.49. The number of nitro benzene ring substituents is 2. The summed E-state index contributed by atoms with van der Waals surface area (Å²) < 4.78 is 55.7. The van der Waals surface area contributed by atoms with Crippen molar-refractivity contribution in [3.63, 3.8) is 0 Å². The fourth-order valence-electron chi connectivity index (χ4n) is 2.39. The number of nitrogens with zero attached hydrogens (tertiary/aromatic N) is 3. The number of hydrogen-bond donors (Lipinski definition) is 0. The maximum Gasteiger partial charge on any atom is 0.418 e. The number of anilines is 2. The molecule has 0 fully saturated rings. The number of benzene rings is 2. The van der Waals surface area contributed by atoms with Gasteiger partial charge in [0, 0.05) is 22.1 Å². The van der Waals surface area contributed by atoms with Crippen LogP contribution in [0, 0.1) is 26.0 Å². The Labute approximate surface area is 179 Å². The molecule has 28 heavy (non-hydrogen) atoms. The second kappa shape index (κ2) is 7.91. The van der Waals surface area contributed by atoms with E-state index in [9.17, 15) is 37.8 Å². The molecule has 0 atom stereocenters. The van der Waals surface area contributed by atoms with Crippen LogP contribution in [0.15, 0.2) is 31.6 Å². The van der Waals surface area contributed by atoms with Crippen molar-refractivity contribution in [2.45, 2.75) is 6.18 Å². The maximum atomic E-state index is 14.5. The van der Waals surface area contributed by atoms with Crippen molar-refractivity contribution < 1.29 is 27.4 Å². The van der Waals surface area contributed by atoms with Gasteiger partial charge in [-0.2, -0.15) is 13.2 Å². The number of alkyl halides is 3. The molecule has 2 aromatic carbocycles. The number of halogens is 7. The first kappa shape index (κ1) is 22.5. The Kier molecular flexibility index (Phi) is 6.35. The minimum atomic E-state index is -5.18. The van der Waals surface area contributed by atoms with Crippen LogP contribution in [0.25, 0.3) is 0 Å². The van der Waals surface area contributed by atoms with E-state index in [0.717, 1.165) is 13.1 Å². The average molecular weight is 596 g/mol. The van der Waals surface area contributed by atoms with Gasteiger partial charge in [-0.3, -0.25) is 20.2 Å². The molecule has 2 rings (SSSR count). The second-order valence-corrected chi connectivity index (χ2v) is 7.69. The van der Waals surface area contributed by atoms with E-state index in [1.807, 2.05) is 0 Å². The van der Waals surface area contributed by atoms with Crippen LogP contribution in [0.2, 0.25) is 0 Å². The number of rotatable bonds is 4. The van der Waals surface area contributed by atoms with E-state index in [4.69, 9.17) is 0 Å². The molecule has 0 spiro atoms. The van der Waals surface area contributed by atoms with Gasteiger partial charge in [0.25, 0.3) is 11.4 Å². The summed E-state index contributed by atoms with van der Waals surface area (Å²) in [5, 5.41) is 22.3. The fourth-order valence-corrected chi connectivity index (χ4v) is 4.03. The summed E-state index contributed by atoms with van der Waals surface area (Å²) >= 11 is 9.19. The lowest BCUT2D eigenvalue weighted by Gasteiger charge is -2.25. The summed E-state index contributed by atoms with van der Waals surface area (Å²) in [5.74, 6) is -0.995. The van der Waals surface area contributed by atoms with Crippen LogP contribution in [-0.2, 0) is 6.18 Å². The van der Waals surface area contributed by atoms with Crippen molar-refractivity contribution in [1.82, 2.24) is 0 Å². The van der Waals surface area contributed by atoms with Gasteiger partial charge in [0.1, 0.15) is 11.5 Å². The Morgan fingerprint density at radius 2 is 1.54 bits per heavy atom. The lowest BCUT2D eigenvalue weighted by molar-refractivity contribution is -0.394. The second-order valence-electron chi connectivity index (χ2n) is 5.25. The Hall–Kier alpha value is -1.80. The Morgan fingerprint density at radius 1 is 0.964 bits per heavy atom. The molecule has 150 valence electrons. The zero-order valence-electron chi connectivity index (χ0n) is 13.4. The lowest BCUT2D eigenvalue weighted by atomic mass is 10.1. The molecular weight excluding hydrogens is 590 g/mol. The quantitative estimate of drug-likeness (QED) is 0.129. The van der Waals surface area contributed by atoms with E-state index in [0.29, 0.717) is 11.0 Å². The van der Waals surface area contributed by atoms with Gasteiger partial charge < -0.3 is 4.90 Å². The van der Waals surface area contributed by atoms with Gasteiger partial charge in [0.2, 0.25) is 0 Å². The summed E-state index contributed by atoms with van der Waals surface area (Å²) in [6, 6.07) is 1.50. The summed E-state index contributed by atoms with van der Waals surface area (Å²) in [6.45, 7) is 0. The Balaban J connectivity index is 2.93. The molecular formula is C14H6Br3F4N3O4. The molecule has 0 radical (unpaired) electrons. The van der Waals surface area contributed by atoms with Crippen LogP contribution >= 0.6 is 47.8 Å². The van der Waals surface area contributed by atoms with Gasteiger partial charge in [-0.15, -0.1) is 0 Å². The van der Waals surface area contributed by atoms with Gasteiger partial charge in [-0.1, -0.05) is 0 Å². The molecule has 0 aliphatic heterocycles. The molecule has 2 aromatic rings. The van der Waals surface area contributed by atoms with E-state index in [1.165, 1.54) is 0 Å². The third kappa shape index (κ3) is 4.12. The third-order valence-electron chi connectivity index (χ3n) is 3.55. The van der Waals surface area contributed by atoms with Gasteiger partial charge in [-0.05, 0) is 53.9 Å². The highest BCUT2D eigenvalue weighted by atomic mass is 79.9. The lowest BCUT2D eigenvalue weighted by Crippen LogP contribution is -2.20. The predicted molar refractivity (Wildman–Crippen MR) is 102 cm³/mol. The number of non-ortho nitro benzene ring substituents is 1. The standard InChI is InChI=1S/C14H6Br3F4N3O4/c1-22(13-8(18)4-7(15)10(16)11(13)17)12-6(14(19,20)21)2-5(23(25)26)3-9(12)24(27)28/h2-4H,1H3. The highest BCUT2D eigenvalue weighted by Gasteiger charge is 2.41. The Bertz CT molecular complexity index is 1000. The first-order valence-corrected chi connectivity index (χ1v) is 9.26. The summed E-state index contributed by atoms with van der Waals surface area (Å²) in [4.78, 5) is 20.5. The third-order valence-corrected chi connectivity index (χ3v) is 6.83. The van der Waals surface area contributed by atoms with Crippen molar-refractivity contribution >= 4 is 70.5 Å². The van der Waals surface area contributed by atoms with Gasteiger partial charge in [-0.25, -0.2) is 4.39 Å². The van der Waals surface area contributed by atoms with Crippen molar-refractivity contribution in [3.8, 4) is 0 Å². The molecule has 0 heterocycles. The molecule has 0 unspecified atom stereocenters. The minimum Gasteiger partial charge on any atom is -0.335 e. The molecule has 14 heteroatoms. The Morgan fingerprint density at radius 3 is 2.00 bits per heavy atom. The maximum absolute atomic E-state index is 14.5. The zero-order valence-corrected chi connectivity index (χ0v) is 18.1. The zero-order chi connectivity index (χ0) is 21.5. The van der Waals surface area contributed by atoms with E-state index >= 15 is 0 Å². The van der Waals surface area contributed by atoms with E-state index in [2.05, 4.69) is 47.8 Å². The first-order valence-electron chi connectivity index (χ1n) is 6.88. The summed E-state index contributed by atoms with van der Waals surface area (Å²) in [6.07, 6.45) is -5.18.